The zero-order chi connectivity index (χ0) is 12.7. The van der Waals surface area contributed by atoms with Crippen LogP contribution in [-0.2, 0) is 6.54 Å². The molecule has 1 aromatic rings. The molecule has 0 aliphatic rings. The van der Waals surface area contributed by atoms with E-state index in [1.165, 1.54) is 4.90 Å². The van der Waals surface area contributed by atoms with E-state index in [1.807, 2.05) is 11.4 Å². The summed E-state index contributed by atoms with van der Waals surface area (Å²) < 4.78 is 1.02. The number of hydrogen-bond donors (Lipinski definition) is 2. The Hall–Kier alpha value is -0.850. The van der Waals surface area contributed by atoms with E-state index in [1.54, 1.807) is 17.4 Å². The summed E-state index contributed by atoms with van der Waals surface area (Å²) in [5, 5.41) is 13.6. The predicted octanol–water partition coefficient (Wildman–Crippen LogP) is 2.20. The summed E-state index contributed by atoms with van der Waals surface area (Å²) in [6.07, 6.45) is 1.64. The molecule has 0 unspecified atom stereocenters. The van der Waals surface area contributed by atoms with Crippen molar-refractivity contribution in [1.29, 1.82) is 0 Å². The highest BCUT2D eigenvalue weighted by atomic mass is 79.9. The third kappa shape index (κ3) is 4.89. The Bertz CT molecular complexity index is 381. The van der Waals surface area contributed by atoms with Crippen molar-refractivity contribution < 1.29 is 9.90 Å². The standard InChI is InChI=1S/C11H15BrN2O2S/c1-2-3-14(4-5-15)11(16)13-7-10-6-9(12)8-17-10/h2,6,8,15H,1,3-5,7H2,(H,13,16). The van der Waals surface area contributed by atoms with E-state index in [4.69, 9.17) is 5.11 Å². The van der Waals surface area contributed by atoms with Crippen LogP contribution in [0, 0.1) is 0 Å². The van der Waals surface area contributed by atoms with Crippen LogP contribution < -0.4 is 5.32 Å². The zero-order valence-electron chi connectivity index (χ0n) is 9.36. The largest absolute Gasteiger partial charge is 0.395 e. The molecule has 0 saturated carbocycles. The molecule has 0 atom stereocenters. The molecule has 0 aliphatic heterocycles. The van der Waals surface area contributed by atoms with Gasteiger partial charge in [0.25, 0.3) is 0 Å². The van der Waals surface area contributed by atoms with Gasteiger partial charge in [0, 0.05) is 27.8 Å². The molecule has 1 aromatic heterocycles. The molecule has 0 aromatic carbocycles. The quantitative estimate of drug-likeness (QED) is 0.790. The van der Waals surface area contributed by atoms with Gasteiger partial charge in [-0.25, -0.2) is 4.79 Å². The summed E-state index contributed by atoms with van der Waals surface area (Å²) in [6, 6.07) is 1.78. The summed E-state index contributed by atoms with van der Waals surface area (Å²) in [6.45, 7) is 4.77. The van der Waals surface area contributed by atoms with E-state index in [-0.39, 0.29) is 12.6 Å². The highest BCUT2D eigenvalue weighted by Crippen LogP contribution is 2.19. The molecule has 2 N–H and O–H groups in total. The van der Waals surface area contributed by atoms with Crippen LogP contribution in [0.3, 0.4) is 0 Å². The molecule has 0 fully saturated rings. The SMILES string of the molecule is C=CCN(CCO)C(=O)NCc1cc(Br)cs1. The molecule has 6 heteroatoms. The van der Waals surface area contributed by atoms with E-state index in [0.29, 0.717) is 19.6 Å². The molecule has 1 rings (SSSR count). The molecule has 4 nitrogen and oxygen atoms in total. The molecular formula is C11H15BrN2O2S. The van der Waals surface area contributed by atoms with Gasteiger partial charge in [0.2, 0.25) is 0 Å². The monoisotopic (exact) mass is 318 g/mol. The van der Waals surface area contributed by atoms with Gasteiger partial charge in [-0.15, -0.1) is 17.9 Å². The molecule has 0 spiro atoms. The first-order valence-corrected chi connectivity index (χ1v) is 6.82. The lowest BCUT2D eigenvalue weighted by Gasteiger charge is -2.20. The first kappa shape index (κ1) is 14.2. The van der Waals surface area contributed by atoms with Crippen molar-refractivity contribution in [2.75, 3.05) is 19.7 Å². The topological polar surface area (TPSA) is 52.6 Å². The summed E-state index contributed by atoms with van der Waals surface area (Å²) in [5.41, 5.74) is 0. The van der Waals surface area contributed by atoms with Crippen LogP contribution in [0.2, 0.25) is 0 Å². The average molecular weight is 319 g/mol. The Morgan fingerprint density at radius 2 is 2.47 bits per heavy atom. The van der Waals surface area contributed by atoms with Gasteiger partial charge in [-0.2, -0.15) is 0 Å². The van der Waals surface area contributed by atoms with Crippen LogP contribution in [0.15, 0.2) is 28.6 Å². The van der Waals surface area contributed by atoms with Gasteiger partial charge in [0.05, 0.1) is 13.2 Å². The number of nitrogens with zero attached hydrogens (tertiary/aromatic N) is 1. The summed E-state index contributed by atoms with van der Waals surface area (Å²) in [7, 11) is 0. The number of aliphatic hydroxyl groups excluding tert-OH is 1. The zero-order valence-corrected chi connectivity index (χ0v) is 11.8. The minimum Gasteiger partial charge on any atom is -0.395 e. The van der Waals surface area contributed by atoms with Gasteiger partial charge in [-0.1, -0.05) is 6.08 Å². The average Bonchev–Trinajstić information content (AvgIpc) is 2.72. The molecule has 1 heterocycles. The fourth-order valence-electron chi connectivity index (χ4n) is 1.27. The van der Waals surface area contributed by atoms with Crippen molar-refractivity contribution in [3.05, 3.63) is 33.5 Å². The van der Waals surface area contributed by atoms with Gasteiger partial charge in [-0.3, -0.25) is 0 Å². The Morgan fingerprint density at radius 3 is 3.00 bits per heavy atom. The number of rotatable bonds is 6. The van der Waals surface area contributed by atoms with Gasteiger partial charge in [0.1, 0.15) is 0 Å². The Morgan fingerprint density at radius 1 is 1.71 bits per heavy atom. The minimum absolute atomic E-state index is 0.0498. The van der Waals surface area contributed by atoms with Crippen molar-refractivity contribution in [3.63, 3.8) is 0 Å². The van der Waals surface area contributed by atoms with Crippen LogP contribution in [-0.4, -0.2) is 35.7 Å². The smallest absolute Gasteiger partial charge is 0.318 e. The minimum atomic E-state index is -0.191. The number of urea groups is 1. The van der Waals surface area contributed by atoms with Crippen LogP contribution in [0.4, 0.5) is 4.79 Å². The van der Waals surface area contributed by atoms with E-state index >= 15 is 0 Å². The number of thiophene rings is 1. The number of nitrogens with one attached hydrogen (secondary N) is 1. The van der Waals surface area contributed by atoms with Gasteiger partial charge in [0.15, 0.2) is 0 Å². The number of amides is 2. The Labute approximate surface area is 113 Å². The lowest BCUT2D eigenvalue weighted by molar-refractivity contribution is 0.183. The Balaban J connectivity index is 2.43. The summed E-state index contributed by atoms with van der Waals surface area (Å²) in [5.74, 6) is 0. The predicted molar refractivity (Wildman–Crippen MR) is 73.1 cm³/mol. The molecule has 0 aliphatic carbocycles. The number of halogens is 1. The first-order valence-electron chi connectivity index (χ1n) is 5.14. The molecule has 2 amide bonds. The summed E-state index contributed by atoms with van der Waals surface area (Å²) >= 11 is 4.94. The Kier molecular flexibility index (Phi) is 6.25. The van der Waals surface area contributed by atoms with Crippen LogP contribution in [0.1, 0.15) is 4.88 Å². The number of aliphatic hydroxyl groups is 1. The third-order valence-electron chi connectivity index (χ3n) is 2.04. The third-order valence-corrected chi connectivity index (χ3v) is 3.74. The molecule has 0 saturated heterocycles. The van der Waals surface area contributed by atoms with E-state index < -0.39 is 0 Å². The van der Waals surface area contributed by atoms with E-state index in [2.05, 4.69) is 27.8 Å². The van der Waals surface area contributed by atoms with E-state index in [9.17, 15) is 4.79 Å². The fourth-order valence-corrected chi connectivity index (χ4v) is 2.66. The molecule has 94 valence electrons. The number of carbonyl (C=O) groups excluding carboxylic acids is 1. The van der Waals surface area contributed by atoms with Gasteiger partial charge >= 0.3 is 6.03 Å². The second-order valence-corrected chi connectivity index (χ2v) is 5.26. The van der Waals surface area contributed by atoms with Crippen LogP contribution >= 0.6 is 27.3 Å². The highest BCUT2D eigenvalue weighted by molar-refractivity contribution is 9.10. The van der Waals surface area contributed by atoms with Crippen LogP contribution in [0.25, 0.3) is 0 Å². The van der Waals surface area contributed by atoms with Crippen molar-refractivity contribution in [1.82, 2.24) is 10.2 Å². The lowest BCUT2D eigenvalue weighted by atomic mass is 10.4. The lowest BCUT2D eigenvalue weighted by Crippen LogP contribution is -2.41. The molecule has 17 heavy (non-hydrogen) atoms. The van der Waals surface area contributed by atoms with Crippen molar-refractivity contribution in [2.24, 2.45) is 0 Å². The number of carbonyl (C=O) groups is 1. The van der Waals surface area contributed by atoms with Gasteiger partial charge in [-0.05, 0) is 22.0 Å². The maximum Gasteiger partial charge on any atom is 0.318 e. The first-order chi connectivity index (χ1) is 8.17. The normalized spacial score (nSPS) is 10.0. The maximum atomic E-state index is 11.8. The van der Waals surface area contributed by atoms with Crippen molar-refractivity contribution >= 4 is 33.3 Å². The second kappa shape index (κ2) is 7.47. The van der Waals surface area contributed by atoms with Crippen LogP contribution in [0.5, 0.6) is 0 Å². The second-order valence-electron chi connectivity index (χ2n) is 3.35. The highest BCUT2D eigenvalue weighted by Gasteiger charge is 2.10. The van der Waals surface area contributed by atoms with Gasteiger partial charge < -0.3 is 15.3 Å². The molecule has 0 radical (unpaired) electrons. The van der Waals surface area contributed by atoms with E-state index in [0.717, 1.165) is 9.35 Å². The summed E-state index contributed by atoms with van der Waals surface area (Å²) in [4.78, 5) is 14.3. The van der Waals surface area contributed by atoms with Crippen molar-refractivity contribution in [3.8, 4) is 0 Å². The fraction of sp³-hybridized carbons (Fsp3) is 0.364. The maximum absolute atomic E-state index is 11.8. The molecule has 0 bridgehead atoms. The van der Waals surface area contributed by atoms with Crippen molar-refractivity contribution in [2.45, 2.75) is 6.54 Å². The number of hydrogen-bond acceptors (Lipinski definition) is 3. The molecular weight excluding hydrogens is 304 g/mol.